The van der Waals surface area contributed by atoms with Crippen LogP contribution in [0.5, 0.6) is 17.2 Å². The summed E-state index contributed by atoms with van der Waals surface area (Å²) >= 11 is 0. The van der Waals surface area contributed by atoms with E-state index in [2.05, 4.69) is 0 Å². The molecular weight excluding hydrogens is 360 g/mol. The van der Waals surface area contributed by atoms with Crippen LogP contribution in [0.2, 0.25) is 0 Å². The first-order chi connectivity index (χ1) is 13.0. The van der Waals surface area contributed by atoms with Crippen LogP contribution in [-0.2, 0) is 9.84 Å². The van der Waals surface area contributed by atoms with Crippen LogP contribution in [-0.4, -0.2) is 13.5 Å². The van der Waals surface area contributed by atoms with Crippen LogP contribution in [0.15, 0.2) is 101 Å². The smallest absolute Gasteiger partial charge is 0.206 e. The van der Waals surface area contributed by atoms with Gasteiger partial charge in [0.15, 0.2) is 0 Å². The van der Waals surface area contributed by atoms with E-state index in [0.29, 0.717) is 11.5 Å². The Morgan fingerprint density at radius 1 is 0.630 bits per heavy atom. The highest BCUT2D eigenvalue weighted by molar-refractivity contribution is 7.91. The van der Waals surface area contributed by atoms with Gasteiger partial charge >= 0.3 is 0 Å². The summed E-state index contributed by atoms with van der Waals surface area (Å²) in [5.74, 6) is 1.32. The average molecular weight is 376 g/mol. The third-order valence-electron chi connectivity index (χ3n) is 4.22. The number of aromatic hydroxyl groups is 1. The van der Waals surface area contributed by atoms with Crippen LogP contribution < -0.4 is 4.74 Å². The Morgan fingerprint density at radius 2 is 1.26 bits per heavy atom. The summed E-state index contributed by atoms with van der Waals surface area (Å²) in [6.45, 7) is 0. The van der Waals surface area contributed by atoms with Crippen LogP contribution >= 0.6 is 0 Å². The van der Waals surface area contributed by atoms with E-state index >= 15 is 0 Å². The second-order valence-electron chi connectivity index (χ2n) is 6.08. The number of benzene rings is 4. The van der Waals surface area contributed by atoms with E-state index < -0.39 is 9.84 Å². The number of hydrogen-bond acceptors (Lipinski definition) is 4. The minimum atomic E-state index is -3.55. The van der Waals surface area contributed by atoms with Crippen molar-refractivity contribution in [1.82, 2.24) is 0 Å². The minimum absolute atomic E-state index is 0.190. The molecule has 0 aliphatic rings. The van der Waals surface area contributed by atoms with E-state index in [1.54, 1.807) is 54.6 Å². The van der Waals surface area contributed by atoms with Gasteiger partial charge in [-0.05, 0) is 71.4 Å². The number of rotatable bonds is 4. The van der Waals surface area contributed by atoms with Crippen molar-refractivity contribution in [3.63, 3.8) is 0 Å². The predicted molar refractivity (Wildman–Crippen MR) is 104 cm³/mol. The Morgan fingerprint density at radius 3 is 2.00 bits per heavy atom. The zero-order valence-corrected chi connectivity index (χ0v) is 15.1. The summed E-state index contributed by atoms with van der Waals surface area (Å²) < 4.78 is 31.1. The molecule has 1 N–H and O–H groups in total. The van der Waals surface area contributed by atoms with Crippen LogP contribution in [0, 0.1) is 0 Å². The zero-order valence-electron chi connectivity index (χ0n) is 14.2. The molecule has 0 saturated carbocycles. The van der Waals surface area contributed by atoms with Gasteiger partial charge in [-0.1, -0.05) is 30.3 Å². The fourth-order valence-corrected chi connectivity index (χ4v) is 4.12. The summed E-state index contributed by atoms with van der Waals surface area (Å²) in [4.78, 5) is 0.470. The Bertz CT molecular complexity index is 1200. The van der Waals surface area contributed by atoms with Crippen molar-refractivity contribution in [2.24, 2.45) is 0 Å². The maximum Gasteiger partial charge on any atom is 0.206 e. The zero-order chi connectivity index (χ0) is 18.9. The quantitative estimate of drug-likeness (QED) is 0.534. The summed E-state index contributed by atoms with van der Waals surface area (Å²) in [7, 11) is -3.55. The van der Waals surface area contributed by atoms with Gasteiger partial charge in [-0.15, -0.1) is 0 Å². The third kappa shape index (κ3) is 3.50. The van der Waals surface area contributed by atoms with E-state index in [9.17, 15) is 13.5 Å². The van der Waals surface area contributed by atoms with Crippen LogP contribution in [0.3, 0.4) is 0 Å². The Labute approximate surface area is 157 Å². The molecule has 0 aliphatic heterocycles. The highest BCUT2D eigenvalue weighted by atomic mass is 32.2. The number of phenolic OH excluding ortho intramolecular Hbond substituents is 1. The van der Waals surface area contributed by atoms with Gasteiger partial charge < -0.3 is 9.84 Å². The molecule has 0 heterocycles. The Hall–Kier alpha value is -3.31. The number of ether oxygens (including phenoxy) is 1. The van der Waals surface area contributed by atoms with E-state index in [1.807, 2.05) is 24.3 Å². The fourth-order valence-electron chi connectivity index (χ4n) is 2.83. The molecule has 0 unspecified atom stereocenters. The lowest BCUT2D eigenvalue weighted by Crippen LogP contribution is -2.01. The van der Waals surface area contributed by atoms with Gasteiger partial charge in [0.25, 0.3) is 0 Å². The van der Waals surface area contributed by atoms with Gasteiger partial charge in [0, 0.05) is 0 Å². The van der Waals surface area contributed by atoms with E-state index in [0.717, 1.165) is 10.8 Å². The second-order valence-corrected chi connectivity index (χ2v) is 8.03. The van der Waals surface area contributed by atoms with E-state index in [1.165, 1.54) is 12.1 Å². The first-order valence-corrected chi connectivity index (χ1v) is 9.81. The lowest BCUT2D eigenvalue weighted by atomic mass is 10.1. The summed E-state index contributed by atoms with van der Waals surface area (Å²) in [5.41, 5.74) is 0. The Kier molecular flexibility index (Phi) is 4.30. The molecule has 0 bridgehead atoms. The molecule has 4 aromatic carbocycles. The van der Waals surface area contributed by atoms with Gasteiger partial charge in [0.1, 0.15) is 17.2 Å². The summed E-state index contributed by atoms with van der Waals surface area (Å²) in [5, 5.41) is 11.5. The molecule has 0 fully saturated rings. The Balaban J connectivity index is 1.60. The molecule has 0 amide bonds. The van der Waals surface area contributed by atoms with Crippen LogP contribution in [0.25, 0.3) is 10.8 Å². The van der Waals surface area contributed by atoms with Crippen molar-refractivity contribution in [3.8, 4) is 17.2 Å². The molecule has 134 valence electrons. The van der Waals surface area contributed by atoms with E-state index in [-0.39, 0.29) is 15.5 Å². The van der Waals surface area contributed by atoms with Crippen LogP contribution in [0.4, 0.5) is 0 Å². The van der Waals surface area contributed by atoms with Gasteiger partial charge in [0.2, 0.25) is 9.84 Å². The number of phenols is 1. The number of hydrogen-bond donors (Lipinski definition) is 1. The SMILES string of the molecule is O=S(=O)(c1ccccc1)c1ccc(Oc2ccc3ccc(O)cc3c2)cc1. The summed E-state index contributed by atoms with van der Waals surface area (Å²) in [6, 6.07) is 25.3. The lowest BCUT2D eigenvalue weighted by Gasteiger charge is -2.09. The molecule has 0 aromatic heterocycles. The van der Waals surface area contributed by atoms with Crippen molar-refractivity contribution in [3.05, 3.63) is 91.0 Å². The van der Waals surface area contributed by atoms with Crippen molar-refractivity contribution >= 4 is 20.6 Å². The molecule has 4 rings (SSSR count). The monoisotopic (exact) mass is 376 g/mol. The largest absolute Gasteiger partial charge is 0.508 e. The molecule has 5 heteroatoms. The lowest BCUT2D eigenvalue weighted by molar-refractivity contribution is 0.476. The fraction of sp³-hybridized carbons (Fsp3) is 0. The molecule has 4 aromatic rings. The number of fused-ring (bicyclic) bond motifs is 1. The third-order valence-corrected chi connectivity index (χ3v) is 6.00. The average Bonchev–Trinajstić information content (AvgIpc) is 2.69. The molecular formula is C22H16O4S. The molecule has 0 atom stereocenters. The van der Waals surface area contributed by atoms with Crippen LogP contribution in [0.1, 0.15) is 0 Å². The van der Waals surface area contributed by atoms with Crippen molar-refractivity contribution < 1.29 is 18.3 Å². The molecule has 0 aliphatic carbocycles. The standard InChI is InChI=1S/C22H16O4S/c23-18-8-6-16-7-9-20(15-17(16)14-18)26-19-10-12-22(13-11-19)27(24,25)21-4-2-1-3-5-21/h1-15,23H. The van der Waals surface area contributed by atoms with Gasteiger partial charge in [-0.25, -0.2) is 8.42 Å². The second kappa shape index (κ2) is 6.78. The first-order valence-electron chi connectivity index (χ1n) is 8.33. The minimum Gasteiger partial charge on any atom is -0.508 e. The van der Waals surface area contributed by atoms with Crippen molar-refractivity contribution in [2.45, 2.75) is 9.79 Å². The molecule has 4 nitrogen and oxygen atoms in total. The van der Waals surface area contributed by atoms with Crippen molar-refractivity contribution in [1.29, 1.82) is 0 Å². The summed E-state index contributed by atoms with van der Waals surface area (Å²) in [6.07, 6.45) is 0. The van der Waals surface area contributed by atoms with Gasteiger partial charge in [-0.2, -0.15) is 0 Å². The molecule has 27 heavy (non-hydrogen) atoms. The van der Waals surface area contributed by atoms with Gasteiger partial charge in [-0.3, -0.25) is 0 Å². The maximum absolute atomic E-state index is 12.6. The first kappa shape index (κ1) is 17.1. The molecule has 0 spiro atoms. The maximum atomic E-state index is 12.6. The predicted octanol–water partition coefficient (Wildman–Crippen LogP) is 5.17. The normalized spacial score (nSPS) is 11.4. The topological polar surface area (TPSA) is 63.6 Å². The highest BCUT2D eigenvalue weighted by Crippen LogP contribution is 2.29. The highest BCUT2D eigenvalue weighted by Gasteiger charge is 2.17. The van der Waals surface area contributed by atoms with Crippen molar-refractivity contribution in [2.75, 3.05) is 0 Å². The molecule has 0 saturated heterocycles. The van der Waals surface area contributed by atoms with E-state index in [4.69, 9.17) is 4.74 Å². The molecule has 0 radical (unpaired) electrons. The van der Waals surface area contributed by atoms with Gasteiger partial charge in [0.05, 0.1) is 9.79 Å². The number of sulfone groups is 1.